The van der Waals surface area contributed by atoms with Crippen LogP contribution in [0.3, 0.4) is 0 Å². The summed E-state index contributed by atoms with van der Waals surface area (Å²) >= 11 is 4.55. The molecule has 2 heterocycles. The monoisotopic (exact) mass is 433 g/mol. The van der Waals surface area contributed by atoms with Crippen LogP contribution in [-0.2, 0) is 9.53 Å². The highest BCUT2D eigenvalue weighted by Gasteiger charge is 2.10. The van der Waals surface area contributed by atoms with E-state index in [-0.39, 0.29) is 18.4 Å². The number of hydrogen-bond acceptors (Lipinski definition) is 7. The summed E-state index contributed by atoms with van der Waals surface area (Å²) in [4.78, 5) is 29.1. The molecule has 0 aliphatic rings. The number of thiazole rings is 1. The van der Waals surface area contributed by atoms with E-state index < -0.39 is 0 Å². The van der Waals surface area contributed by atoms with Crippen LogP contribution in [-0.4, -0.2) is 42.3 Å². The average molecular weight is 434 g/mol. The highest BCUT2D eigenvalue weighted by atomic mass is 32.2. The molecular weight excluding hydrogens is 414 g/mol. The minimum absolute atomic E-state index is 0.0801. The summed E-state index contributed by atoms with van der Waals surface area (Å²) in [6.45, 7) is 4.73. The molecule has 0 spiro atoms. The molecule has 0 unspecified atom stereocenters. The average Bonchev–Trinajstić information content (AvgIpc) is 3.35. The van der Waals surface area contributed by atoms with E-state index in [0.717, 1.165) is 20.3 Å². The Balaban J connectivity index is 1.51. The second-order valence-corrected chi connectivity index (χ2v) is 8.90. The molecule has 6 nitrogen and oxygen atoms in total. The second kappa shape index (κ2) is 10.4. The van der Waals surface area contributed by atoms with Gasteiger partial charge in [0.25, 0.3) is 5.91 Å². The van der Waals surface area contributed by atoms with Gasteiger partial charge in [-0.15, -0.1) is 29.3 Å². The molecule has 1 aromatic carbocycles. The normalized spacial score (nSPS) is 10.7. The largest absolute Gasteiger partial charge is 0.377 e. The molecule has 146 valence electrons. The van der Waals surface area contributed by atoms with Gasteiger partial charge in [0.15, 0.2) is 4.34 Å². The third-order valence-electron chi connectivity index (χ3n) is 3.50. The number of nitrogens with one attached hydrogen (secondary N) is 2. The quantitative estimate of drug-likeness (QED) is 0.287. The molecule has 0 radical (unpaired) electrons. The van der Waals surface area contributed by atoms with Gasteiger partial charge in [-0.1, -0.05) is 23.9 Å². The molecule has 3 rings (SSSR count). The first-order valence-electron chi connectivity index (χ1n) is 8.49. The van der Waals surface area contributed by atoms with Crippen molar-refractivity contribution < 1.29 is 14.3 Å². The van der Waals surface area contributed by atoms with Crippen LogP contribution in [0, 0.1) is 0 Å². The molecule has 2 amide bonds. The van der Waals surface area contributed by atoms with Gasteiger partial charge >= 0.3 is 0 Å². The molecule has 0 aliphatic carbocycles. The number of thioether (sulfide) groups is 1. The number of carbonyl (C=O) groups excluding carboxylic acids is 2. The Labute approximate surface area is 175 Å². The van der Waals surface area contributed by atoms with Crippen LogP contribution in [0.2, 0.25) is 0 Å². The van der Waals surface area contributed by atoms with E-state index in [2.05, 4.69) is 22.2 Å². The van der Waals surface area contributed by atoms with Crippen molar-refractivity contribution in [1.29, 1.82) is 0 Å². The minimum Gasteiger partial charge on any atom is -0.377 e. The smallest absolute Gasteiger partial charge is 0.261 e. The Morgan fingerprint density at radius 1 is 1.32 bits per heavy atom. The van der Waals surface area contributed by atoms with Gasteiger partial charge in [0.1, 0.15) is 0 Å². The SMILES string of the molecule is C=CCOCCSc1nc2ccc(NC(=O)CNC(=O)c3cccs3)cc2s1. The first kappa shape index (κ1) is 20.5. The van der Waals surface area contributed by atoms with Gasteiger partial charge in [-0.3, -0.25) is 9.59 Å². The maximum atomic E-state index is 12.1. The van der Waals surface area contributed by atoms with Crippen LogP contribution in [0.25, 0.3) is 10.2 Å². The van der Waals surface area contributed by atoms with Gasteiger partial charge in [0.05, 0.1) is 34.9 Å². The van der Waals surface area contributed by atoms with Crippen molar-refractivity contribution in [3.05, 3.63) is 53.2 Å². The molecule has 0 saturated heterocycles. The van der Waals surface area contributed by atoms with E-state index in [1.54, 1.807) is 41.3 Å². The van der Waals surface area contributed by atoms with Crippen LogP contribution in [0.5, 0.6) is 0 Å². The van der Waals surface area contributed by atoms with Crippen molar-refractivity contribution in [1.82, 2.24) is 10.3 Å². The summed E-state index contributed by atoms with van der Waals surface area (Å²) in [5.74, 6) is 0.297. The zero-order valence-corrected chi connectivity index (χ0v) is 17.4. The maximum Gasteiger partial charge on any atom is 0.261 e. The lowest BCUT2D eigenvalue weighted by Gasteiger charge is -2.06. The number of nitrogens with zero attached hydrogens (tertiary/aromatic N) is 1. The van der Waals surface area contributed by atoms with Crippen LogP contribution in [0.4, 0.5) is 5.69 Å². The Morgan fingerprint density at radius 3 is 3.00 bits per heavy atom. The number of fused-ring (bicyclic) bond motifs is 1. The van der Waals surface area contributed by atoms with Crippen molar-refractivity contribution in [3.8, 4) is 0 Å². The van der Waals surface area contributed by atoms with Crippen molar-refractivity contribution >= 4 is 62.2 Å². The van der Waals surface area contributed by atoms with Crippen LogP contribution in [0.15, 0.2) is 52.7 Å². The fraction of sp³-hybridized carbons (Fsp3) is 0.211. The molecule has 0 atom stereocenters. The first-order chi connectivity index (χ1) is 13.7. The number of benzene rings is 1. The summed E-state index contributed by atoms with van der Waals surface area (Å²) in [5, 5.41) is 7.23. The van der Waals surface area contributed by atoms with Crippen molar-refractivity contribution in [2.24, 2.45) is 0 Å². The van der Waals surface area contributed by atoms with Gasteiger partial charge in [-0.2, -0.15) is 0 Å². The summed E-state index contributed by atoms with van der Waals surface area (Å²) in [5.41, 5.74) is 1.57. The third kappa shape index (κ3) is 5.90. The highest BCUT2D eigenvalue weighted by molar-refractivity contribution is 8.01. The number of hydrogen-bond donors (Lipinski definition) is 2. The lowest BCUT2D eigenvalue weighted by atomic mass is 10.3. The minimum atomic E-state index is -0.275. The van der Waals surface area contributed by atoms with Gasteiger partial charge < -0.3 is 15.4 Å². The van der Waals surface area contributed by atoms with Crippen molar-refractivity contribution in [2.75, 3.05) is 30.8 Å². The van der Waals surface area contributed by atoms with Crippen molar-refractivity contribution in [3.63, 3.8) is 0 Å². The molecule has 0 saturated carbocycles. The van der Waals surface area contributed by atoms with Gasteiger partial charge in [-0.05, 0) is 29.6 Å². The van der Waals surface area contributed by atoms with E-state index in [1.165, 1.54) is 11.3 Å². The van der Waals surface area contributed by atoms with Crippen LogP contribution in [0.1, 0.15) is 9.67 Å². The number of thiophene rings is 1. The Kier molecular flexibility index (Phi) is 7.61. The standard InChI is InChI=1S/C19H19N3O3S3/c1-2-7-25-8-10-27-19-22-14-6-5-13(11-16(14)28-19)21-17(23)12-20-18(24)15-4-3-9-26-15/h2-6,9,11H,1,7-8,10,12H2,(H,20,24)(H,21,23). The molecule has 0 aliphatic heterocycles. The van der Waals surface area contributed by atoms with Crippen molar-refractivity contribution in [2.45, 2.75) is 4.34 Å². The van der Waals surface area contributed by atoms with E-state index in [1.807, 2.05) is 23.6 Å². The Bertz CT molecular complexity index is 954. The third-order valence-corrected chi connectivity index (χ3v) is 6.49. The molecule has 28 heavy (non-hydrogen) atoms. The zero-order valence-electron chi connectivity index (χ0n) is 15.0. The van der Waals surface area contributed by atoms with E-state index >= 15 is 0 Å². The van der Waals surface area contributed by atoms with E-state index in [9.17, 15) is 9.59 Å². The highest BCUT2D eigenvalue weighted by Crippen LogP contribution is 2.31. The van der Waals surface area contributed by atoms with E-state index in [4.69, 9.17) is 4.74 Å². The second-order valence-electron chi connectivity index (χ2n) is 5.58. The number of carbonyl (C=O) groups is 2. The van der Waals surface area contributed by atoms with E-state index in [0.29, 0.717) is 23.8 Å². The zero-order chi connectivity index (χ0) is 19.8. The molecule has 2 aromatic heterocycles. The number of anilines is 1. The van der Waals surface area contributed by atoms with Gasteiger partial charge in [0.2, 0.25) is 5.91 Å². The number of rotatable bonds is 10. The molecule has 9 heteroatoms. The Hall–Kier alpha value is -2.20. The van der Waals surface area contributed by atoms with Crippen LogP contribution >= 0.6 is 34.4 Å². The van der Waals surface area contributed by atoms with Gasteiger partial charge in [0, 0.05) is 11.4 Å². The fourth-order valence-corrected chi connectivity index (χ4v) is 4.93. The topological polar surface area (TPSA) is 80.3 Å². The number of ether oxygens (including phenoxy) is 1. The first-order valence-corrected chi connectivity index (χ1v) is 11.2. The summed E-state index contributed by atoms with van der Waals surface area (Å²) in [7, 11) is 0. The lowest BCUT2D eigenvalue weighted by molar-refractivity contribution is -0.115. The van der Waals surface area contributed by atoms with Crippen LogP contribution < -0.4 is 10.6 Å². The Morgan fingerprint density at radius 2 is 2.21 bits per heavy atom. The molecule has 0 bridgehead atoms. The lowest BCUT2D eigenvalue weighted by Crippen LogP contribution is -2.32. The number of amides is 2. The fourth-order valence-electron chi connectivity index (χ4n) is 2.26. The summed E-state index contributed by atoms with van der Waals surface area (Å²) in [6.07, 6.45) is 1.73. The molecule has 3 aromatic rings. The summed E-state index contributed by atoms with van der Waals surface area (Å²) < 4.78 is 7.32. The number of aromatic nitrogens is 1. The molecule has 0 fully saturated rings. The predicted molar refractivity (Wildman–Crippen MR) is 117 cm³/mol. The predicted octanol–water partition coefficient (Wildman–Crippen LogP) is 4.02. The molecular formula is C19H19N3O3S3. The van der Waals surface area contributed by atoms with Gasteiger partial charge in [-0.25, -0.2) is 4.98 Å². The summed E-state index contributed by atoms with van der Waals surface area (Å²) in [6, 6.07) is 9.10. The maximum absolute atomic E-state index is 12.1. The molecule has 2 N–H and O–H groups in total.